The lowest BCUT2D eigenvalue weighted by Gasteiger charge is -2.34. The molecule has 6 heteroatoms. The number of furan rings is 1. The molecule has 0 unspecified atom stereocenters. The first kappa shape index (κ1) is 16.1. The van der Waals surface area contributed by atoms with Crippen LogP contribution in [0.3, 0.4) is 0 Å². The van der Waals surface area contributed by atoms with Gasteiger partial charge in [0.15, 0.2) is 11.3 Å². The molecule has 0 aromatic carbocycles. The van der Waals surface area contributed by atoms with Gasteiger partial charge in [-0.1, -0.05) is 26.7 Å². The zero-order valence-corrected chi connectivity index (χ0v) is 13.8. The van der Waals surface area contributed by atoms with Gasteiger partial charge in [0.05, 0.1) is 0 Å². The molecule has 1 aromatic rings. The van der Waals surface area contributed by atoms with E-state index in [0.717, 1.165) is 12.8 Å². The minimum absolute atomic E-state index is 0.0781. The number of carbonyl (C=O) groups excluding carboxylic acids is 2. The van der Waals surface area contributed by atoms with Crippen LogP contribution in [0.25, 0.3) is 0 Å². The third kappa shape index (κ3) is 4.33. The average Bonchev–Trinajstić information content (AvgIpc) is 2.88. The Balaban J connectivity index is 1.78. The maximum absolute atomic E-state index is 11.9. The Morgan fingerprint density at radius 2 is 2.14 bits per heavy atom. The van der Waals surface area contributed by atoms with E-state index in [-0.39, 0.29) is 24.3 Å². The standard InChI is InChI=1S/C15H20BrNO4/c1-9-4-3-5-11(10(9)2)17-14(18)8-20-15(19)12-6-7-13(16)21-12/h6-7,9-11H,3-5,8H2,1-2H3,(H,17,18)/t9-,10-,11+/m1/s1. The van der Waals surface area contributed by atoms with Gasteiger partial charge in [0, 0.05) is 6.04 Å². The van der Waals surface area contributed by atoms with Crippen molar-refractivity contribution >= 4 is 27.8 Å². The lowest BCUT2D eigenvalue weighted by Crippen LogP contribution is -2.45. The molecule has 0 saturated heterocycles. The fourth-order valence-electron chi connectivity index (χ4n) is 2.66. The molecule has 1 N–H and O–H groups in total. The van der Waals surface area contributed by atoms with Crippen molar-refractivity contribution in [2.45, 2.75) is 39.2 Å². The van der Waals surface area contributed by atoms with Gasteiger partial charge < -0.3 is 14.5 Å². The number of halogens is 1. The SMILES string of the molecule is C[C@@H]1[C@H](C)CCC[C@@H]1NC(=O)COC(=O)c1ccc(Br)o1. The van der Waals surface area contributed by atoms with Crippen LogP contribution in [0.1, 0.15) is 43.7 Å². The molecule has 1 amide bonds. The molecule has 1 heterocycles. The Kier molecular flexibility index (Phi) is 5.45. The van der Waals surface area contributed by atoms with Gasteiger partial charge in [-0.05, 0) is 46.3 Å². The fourth-order valence-corrected chi connectivity index (χ4v) is 2.97. The first-order valence-electron chi connectivity index (χ1n) is 7.19. The second-order valence-electron chi connectivity index (χ2n) is 5.62. The van der Waals surface area contributed by atoms with Crippen LogP contribution in [0, 0.1) is 11.8 Å². The summed E-state index contributed by atoms with van der Waals surface area (Å²) in [5, 5.41) is 2.96. The zero-order chi connectivity index (χ0) is 15.4. The predicted octanol–water partition coefficient (Wildman–Crippen LogP) is 3.14. The average molecular weight is 358 g/mol. The third-order valence-corrected chi connectivity index (χ3v) is 4.59. The summed E-state index contributed by atoms with van der Waals surface area (Å²) >= 11 is 3.10. The van der Waals surface area contributed by atoms with Crippen LogP contribution >= 0.6 is 15.9 Å². The van der Waals surface area contributed by atoms with Crippen molar-refractivity contribution in [1.29, 1.82) is 0 Å². The molecular formula is C15H20BrNO4. The summed E-state index contributed by atoms with van der Waals surface area (Å²) in [7, 11) is 0. The maximum atomic E-state index is 11.9. The smallest absolute Gasteiger partial charge is 0.374 e. The molecule has 1 aromatic heterocycles. The van der Waals surface area contributed by atoms with Gasteiger partial charge >= 0.3 is 5.97 Å². The number of carbonyl (C=O) groups is 2. The highest BCUT2D eigenvalue weighted by molar-refractivity contribution is 9.10. The summed E-state index contributed by atoms with van der Waals surface area (Å²) in [6.07, 6.45) is 3.31. The number of nitrogens with one attached hydrogen (secondary N) is 1. The third-order valence-electron chi connectivity index (χ3n) is 4.16. The lowest BCUT2D eigenvalue weighted by atomic mass is 9.78. The molecule has 3 atom stereocenters. The number of esters is 1. The van der Waals surface area contributed by atoms with E-state index in [4.69, 9.17) is 9.15 Å². The Morgan fingerprint density at radius 1 is 1.38 bits per heavy atom. The summed E-state index contributed by atoms with van der Waals surface area (Å²) in [4.78, 5) is 23.5. The van der Waals surface area contributed by atoms with Gasteiger partial charge in [-0.25, -0.2) is 4.79 Å². The molecule has 1 aliphatic carbocycles. The fraction of sp³-hybridized carbons (Fsp3) is 0.600. The first-order chi connectivity index (χ1) is 9.97. The van der Waals surface area contributed by atoms with E-state index >= 15 is 0 Å². The van der Waals surface area contributed by atoms with E-state index < -0.39 is 5.97 Å². The lowest BCUT2D eigenvalue weighted by molar-refractivity contribution is -0.125. The van der Waals surface area contributed by atoms with E-state index in [1.54, 1.807) is 6.07 Å². The summed E-state index contributed by atoms with van der Waals surface area (Å²) < 4.78 is 10.5. The Hall–Kier alpha value is -1.30. The van der Waals surface area contributed by atoms with Crippen LogP contribution in [-0.2, 0) is 9.53 Å². The molecule has 2 rings (SSSR count). The molecule has 1 aliphatic rings. The van der Waals surface area contributed by atoms with Gasteiger partial charge in [0.2, 0.25) is 5.76 Å². The second-order valence-corrected chi connectivity index (χ2v) is 6.40. The molecule has 1 saturated carbocycles. The number of ether oxygens (including phenoxy) is 1. The highest BCUT2D eigenvalue weighted by atomic mass is 79.9. The quantitative estimate of drug-likeness (QED) is 0.840. The van der Waals surface area contributed by atoms with Crippen molar-refractivity contribution in [2.75, 3.05) is 6.61 Å². The monoisotopic (exact) mass is 357 g/mol. The normalized spacial score (nSPS) is 25.4. The summed E-state index contributed by atoms with van der Waals surface area (Å²) in [5.41, 5.74) is 0. The zero-order valence-electron chi connectivity index (χ0n) is 12.2. The molecular weight excluding hydrogens is 338 g/mol. The minimum atomic E-state index is -0.638. The molecule has 116 valence electrons. The van der Waals surface area contributed by atoms with Crippen LogP contribution in [-0.4, -0.2) is 24.5 Å². The number of rotatable bonds is 4. The molecule has 0 aliphatic heterocycles. The first-order valence-corrected chi connectivity index (χ1v) is 7.98. The van der Waals surface area contributed by atoms with Crippen molar-refractivity contribution in [3.8, 4) is 0 Å². The van der Waals surface area contributed by atoms with Gasteiger partial charge in [0.1, 0.15) is 0 Å². The summed E-state index contributed by atoms with van der Waals surface area (Å²) in [6, 6.07) is 3.26. The van der Waals surface area contributed by atoms with E-state index in [9.17, 15) is 9.59 Å². The van der Waals surface area contributed by atoms with E-state index in [2.05, 4.69) is 35.1 Å². The van der Waals surface area contributed by atoms with Gasteiger partial charge in [-0.3, -0.25) is 4.79 Å². The summed E-state index contributed by atoms with van der Waals surface area (Å²) in [6.45, 7) is 4.08. The Labute approximate surface area is 132 Å². The number of hydrogen-bond acceptors (Lipinski definition) is 4. The molecule has 0 spiro atoms. The predicted molar refractivity (Wildman–Crippen MR) is 80.8 cm³/mol. The van der Waals surface area contributed by atoms with E-state index in [1.165, 1.54) is 12.5 Å². The van der Waals surface area contributed by atoms with Crippen molar-refractivity contribution < 1.29 is 18.7 Å². The van der Waals surface area contributed by atoms with Crippen molar-refractivity contribution in [3.05, 3.63) is 22.6 Å². The molecule has 21 heavy (non-hydrogen) atoms. The van der Waals surface area contributed by atoms with Gasteiger partial charge in [-0.2, -0.15) is 0 Å². The largest absolute Gasteiger partial charge is 0.450 e. The van der Waals surface area contributed by atoms with Crippen LogP contribution < -0.4 is 5.32 Å². The highest BCUT2D eigenvalue weighted by Crippen LogP contribution is 2.29. The van der Waals surface area contributed by atoms with E-state index in [1.807, 2.05) is 0 Å². The van der Waals surface area contributed by atoms with E-state index in [0.29, 0.717) is 16.5 Å². The van der Waals surface area contributed by atoms with Crippen molar-refractivity contribution in [1.82, 2.24) is 5.32 Å². The highest BCUT2D eigenvalue weighted by Gasteiger charge is 2.28. The van der Waals surface area contributed by atoms with Crippen LogP contribution in [0.4, 0.5) is 0 Å². The van der Waals surface area contributed by atoms with Crippen LogP contribution in [0.2, 0.25) is 0 Å². The maximum Gasteiger partial charge on any atom is 0.374 e. The van der Waals surface area contributed by atoms with Crippen molar-refractivity contribution in [2.24, 2.45) is 11.8 Å². The van der Waals surface area contributed by atoms with Crippen LogP contribution in [0.15, 0.2) is 21.2 Å². The number of amides is 1. The second kappa shape index (κ2) is 7.11. The topological polar surface area (TPSA) is 68.5 Å². The van der Waals surface area contributed by atoms with Gasteiger partial charge in [-0.15, -0.1) is 0 Å². The Bertz CT molecular complexity index is 514. The molecule has 0 radical (unpaired) electrons. The van der Waals surface area contributed by atoms with Gasteiger partial charge in [0.25, 0.3) is 5.91 Å². The summed E-state index contributed by atoms with van der Waals surface area (Å²) in [5.74, 6) is 0.224. The molecule has 1 fully saturated rings. The minimum Gasteiger partial charge on any atom is -0.450 e. The number of hydrogen-bond donors (Lipinski definition) is 1. The van der Waals surface area contributed by atoms with Crippen molar-refractivity contribution in [3.63, 3.8) is 0 Å². The Morgan fingerprint density at radius 3 is 2.81 bits per heavy atom. The molecule has 5 nitrogen and oxygen atoms in total. The van der Waals surface area contributed by atoms with Crippen LogP contribution in [0.5, 0.6) is 0 Å². The molecule has 0 bridgehead atoms.